The Morgan fingerprint density at radius 1 is 1.12 bits per heavy atom. The lowest BCUT2D eigenvalue weighted by atomic mass is 13.8. The predicted molar refractivity (Wildman–Crippen MR) is 40.1 cm³/mol. The molecular formula is H2N4P2S2. The van der Waals surface area contributed by atoms with E-state index in [1.54, 1.807) is 0 Å². The Bertz CT molecular complexity index is 98.6. The Balaban J connectivity index is 2.31. The standard InChI is InChI=1S/H2N4P2S2/c1-5-2-8-4-6-3-7-1/h(H,1,2)(H,3,4). The summed E-state index contributed by atoms with van der Waals surface area (Å²) in [4.78, 5) is 0. The minimum atomic E-state index is 0.850. The van der Waals surface area contributed by atoms with Gasteiger partial charge in [-0.25, -0.2) is 0 Å². The first-order chi connectivity index (χ1) is 4.00. The van der Waals surface area contributed by atoms with Crippen molar-refractivity contribution < 1.29 is 0 Å². The maximum absolute atomic E-state index is 3.87. The fourth-order valence-electron chi connectivity index (χ4n) is 0.147. The minimum Gasteiger partial charge on any atom is -0.184 e. The van der Waals surface area contributed by atoms with E-state index in [-0.39, 0.29) is 0 Å². The third-order valence-electron chi connectivity index (χ3n) is 0.328. The van der Waals surface area contributed by atoms with Gasteiger partial charge in [0.1, 0.15) is 29.2 Å². The molecule has 0 saturated carbocycles. The van der Waals surface area contributed by atoms with Crippen molar-refractivity contribution in [3.63, 3.8) is 0 Å². The van der Waals surface area contributed by atoms with E-state index >= 15 is 0 Å². The van der Waals surface area contributed by atoms with Crippen LogP contribution in [-0.2, 0) is 0 Å². The van der Waals surface area contributed by atoms with Crippen LogP contribution in [-0.4, -0.2) is 0 Å². The molecule has 0 atom stereocenters. The summed E-state index contributed by atoms with van der Waals surface area (Å²) in [6.45, 7) is 0. The molecule has 44 valence electrons. The van der Waals surface area contributed by atoms with Crippen LogP contribution >= 0.6 is 41.3 Å². The van der Waals surface area contributed by atoms with E-state index in [2.05, 4.69) is 17.3 Å². The lowest BCUT2D eigenvalue weighted by molar-refractivity contribution is 1.61. The zero-order valence-electron chi connectivity index (χ0n) is 3.61. The third-order valence-corrected chi connectivity index (χ3v) is 2.95. The largest absolute Gasteiger partial charge is 0.184 e. The fourth-order valence-corrected chi connectivity index (χ4v) is 2.59. The van der Waals surface area contributed by atoms with Gasteiger partial charge in [-0.2, -0.15) is 17.3 Å². The summed E-state index contributed by atoms with van der Waals surface area (Å²) in [7, 11) is 1.70. The van der Waals surface area contributed by atoms with Crippen LogP contribution in [0.1, 0.15) is 0 Å². The van der Waals surface area contributed by atoms with Gasteiger partial charge in [-0.05, 0) is 0 Å². The van der Waals surface area contributed by atoms with Gasteiger partial charge >= 0.3 is 0 Å². The predicted octanol–water partition coefficient (Wildman–Crippen LogP) is 2.40. The van der Waals surface area contributed by atoms with Crippen LogP contribution in [0.25, 0.3) is 0 Å². The molecule has 0 fully saturated rings. The van der Waals surface area contributed by atoms with Crippen molar-refractivity contribution in [2.24, 2.45) is 8.30 Å². The third kappa shape index (κ3) is 2.97. The van der Waals surface area contributed by atoms with E-state index in [4.69, 9.17) is 0 Å². The van der Waals surface area contributed by atoms with Crippen LogP contribution in [0, 0.1) is 0 Å². The van der Waals surface area contributed by atoms with Crippen molar-refractivity contribution in [2.45, 2.75) is 0 Å². The summed E-state index contributed by atoms with van der Waals surface area (Å²) in [5, 5.41) is 0. The molecule has 0 radical (unpaired) electrons. The van der Waals surface area contributed by atoms with Crippen LogP contribution in [0.15, 0.2) is 8.30 Å². The number of hydrogen-bond donors (Lipinski definition) is 2. The second-order valence-corrected chi connectivity index (χ2v) is 4.26. The van der Waals surface area contributed by atoms with Gasteiger partial charge in [0.2, 0.25) is 0 Å². The second kappa shape index (κ2) is 4.68. The van der Waals surface area contributed by atoms with Crippen molar-refractivity contribution >= 4 is 41.3 Å². The smallest absolute Gasteiger partial charge is 0.125 e. The van der Waals surface area contributed by atoms with Crippen molar-refractivity contribution in [3.05, 3.63) is 0 Å². The van der Waals surface area contributed by atoms with E-state index in [0.717, 1.165) is 17.0 Å². The quantitative estimate of drug-likeness (QED) is 0.448. The zero-order chi connectivity index (χ0) is 5.66. The molecular weight excluding hydrogens is 182 g/mol. The summed E-state index contributed by atoms with van der Waals surface area (Å²) in [5.74, 6) is 0. The molecule has 1 aliphatic rings. The Kier molecular flexibility index (Phi) is 4.05. The lowest BCUT2D eigenvalue weighted by Crippen LogP contribution is -1.91. The Morgan fingerprint density at radius 3 is 2.38 bits per heavy atom. The minimum absolute atomic E-state index is 0.850. The Hall–Kier alpha value is 0.820. The number of nitrogens with one attached hydrogen (secondary N) is 2. The van der Waals surface area contributed by atoms with E-state index in [1.807, 2.05) is 0 Å². The molecule has 0 aromatic heterocycles. The first kappa shape index (κ1) is 6.93. The van der Waals surface area contributed by atoms with Crippen molar-refractivity contribution in [2.75, 3.05) is 0 Å². The first-order valence-corrected chi connectivity index (χ1v) is 4.86. The highest BCUT2D eigenvalue weighted by molar-refractivity contribution is 8.05. The van der Waals surface area contributed by atoms with Gasteiger partial charge in [0, 0.05) is 12.1 Å². The van der Waals surface area contributed by atoms with Crippen molar-refractivity contribution in [3.8, 4) is 0 Å². The maximum Gasteiger partial charge on any atom is 0.125 e. The Morgan fingerprint density at radius 2 is 1.75 bits per heavy atom. The van der Waals surface area contributed by atoms with Gasteiger partial charge in [-0.3, -0.25) is 0 Å². The highest BCUT2D eigenvalue weighted by atomic mass is 32.2. The molecule has 2 N–H and O–H groups in total. The van der Waals surface area contributed by atoms with Crippen LogP contribution in [0.2, 0.25) is 0 Å². The topological polar surface area (TPSA) is 48.8 Å². The van der Waals surface area contributed by atoms with Crippen LogP contribution < -0.4 is 8.99 Å². The van der Waals surface area contributed by atoms with Gasteiger partial charge in [0.15, 0.2) is 0 Å². The average Bonchev–Trinajstić information content (AvgIpc) is 1.62. The summed E-state index contributed by atoms with van der Waals surface area (Å²) >= 11 is 2.62. The van der Waals surface area contributed by atoms with Gasteiger partial charge in [-0.1, -0.05) is 0 Å². The van der Waals surface area contributed by atoms with E-state index in [1.165, 1.54) is 24.3 Å². The first-order valence-electron chi connectivity index (χ1n) is 1.62. The summed E-state index contributed by atoms with van der Waals surface area (Å²) in [6, 6.07) is 0. The molecule has 1 rings (SSSR count). The normalized spacial score (nSPS) is 24.0. The van der Waals surface area contributed by atoms with Gasteiger partial charge in [0.05, 0.1) is 0 Å². The molecule has 8 heavy (non-hydrogen) atoms. The molecule has 0 spiro atoms. The molecule has 0 unspecified atom stereocenters. The summed E-state index contributed by atoms with van der Waals surface area (Å²) in [5.41, 5.74) is 0. The molecule has 0 amide bonds. The fraction of sp³-hybridized carbons (Fsp3) is 0. The second-order valence-electron chi connectivity index (χ2n) is 0.730. The SMILES string of the molecule is N1=PNSNP=NS1. The molecule has 0 aromatic carbocycles. The zero-order valence-corrected chi connectivity index (χ0v) is 7.03. The van der Waals surface area contributed by atoms with E-state index < -0.39 is 0 Å². The number of hydrogen-bond acceptors (Lipinski definition) is 6. The molecule has 8 heteroatoms. The van der Waals surface area contributed by atoms with Gasteiger partial charge in [-0.15, -0.1) is 0 Å². The molecule has 0 bridgehead atoms. The van der Waals surface area contributed by atoms with Crippen molar-refractivity contribution in [1.29, 1.82) is 0 Å². The molecule has 1 heterocycles. The molecule has 0 aromatic rings. The van der Waals surface area contributed by atoms with Gasteiger partial charge < -0.3 is 0 Å². The van der Waals surface area contributed by atoms with Crippen molar-refractivity contribution in [1.82, 2.24) is 8.99 Å². The number of nitrogens with zero attached hydrogens (tertiary/aromatic N) is 2. The Labute approximate surface area is 59.0 Å². The summed E-state index contributed by atoms with van der Waals surface area (Å²) < 4.78 is 13.6. The number of rotatable bonds is 0. The molecule has 0 saturated heterocycles. The molecule has 0 aliphatic carbocycles. The van der Waals surface area contributed by atoms with Crippen LogP contribution in [0.5, 0.6) is 0 Å². The summed E-state index contributed by atoms with van der Waals surface area (Å²) in [6.07, 6.45) is 0. The average molecular weight is 184 g/mol. The van der Waals surface area contributed by atoms with Crippen LogP contribution in [0.3, 0.4) is 0 Å². The molecule has 4 nitrogen and oxygen atoms in total. The maximum atomic E-state index is 3.87. The highest BCUT2D eigenvalue weighted by Crippen LogP contribution is 2.19. The lowest BCUT2D eigenvalue weighted by Gasteiger charge is -1.92. The highest BCUT2D eigenvalue weighted by Gasteiger charge is 1.84. The monoisotopic (exact) mass is 184 g/mol. The van der Waals surface area contributed by atoms with Crippen LogP contribution in [0.4, 0.5) is 0 Å². The van der Waals surface area contributed by atoms with Gasteiger partial charge in [0.25, 0.3) is 0 Å². The molecule has 1 aliphatic heterocycles. The van der Waals surface area contributed by atoms with E-state index in [0.29, 0.717) is 0 Å². The van der Waals surface area contributed by atoms with E-state index in [9.17, 15) is 0 Å².